The maximum atomic E-state index is 13.2. The number of carbonyl (C=O) groups excluding carboxylic acids is 1. The fraction of sp³-hybridized carbons (Fsp3) is 0.579. The molecule has 1 amide bonds. The van der Waals surface area contributed by atoms with Gasteiger partial charge < -0.3 is 4.74 Å². The molecule has 1 aromatic carbocycles. The number of nitrogens with zero attached hydrogens (tertiary/aromatic N) is 2. The van der Waals surface area contributed by atoms with Crippen LogP contribution in [0.5, 0.6) is 0 Å². The maximum absolute atomic E-state index is 13.2. The molecule has 1 aliphatic heterocycles. The summed E-state index contributed by atoms with van der Waals surface area (Å²) in [6.07, 6.45) is 6.48. The van der Waals surface area contributed by atoms with Crippen molar-refractivity contribution in [2.75, 3.05) is 18.1 Å². The summed E-state index contributed by atoms with van der Waals surface area (Å²) in [5.41, 5.74) is 2.00. The monoisotopic (exact) mass is 378 g/mol. The largest absolute Gasteiger partial charge is 0.376 e. The summed E-state index contributed by atoms with van der Waals surface area (Å²) in [7, 11) is 0. The van der Waals surface area contributed by atoms with Crippen LogP contribution in [0, 0.1) is 12.8 Å². The molecule has 4 nitrogen and oxygen atoms in total. The fourth-order valence-electron chi connectivity index (χ4n) is 3.85. The van der Waals surface area contributed by atoms with Crippen LogP contribution in [0.25, 0.3) is 10.2 Å². The summed E-state index contributed by atoms with van der Waals surface area (Å²) in [6.45, 7) is 3.43. The maximum Gasteiger partial charge on any atom is 0.231 e. The Balaban J connectivity index is 1.70. The van der Waals surface area contributed by atoms with E-state index < -0.39 is 0 Å². The second-order valence-electron chi connectivity index (χ2n) is 7.10. The van der Waals surface area contributed by atoms with E-state index in [0.29, 0.717) is 11.6 Å². The number of anilines is 1. The van der Waals surface area contributed by atoms with Crippen molar-refractivity contribution in [3.63, 3.8) is 0 Å². The number of carbonyl (C=O) groups is 1. The number of ether oxygens (including phenoxy) is 1. The Morgan fingerprint density at radius 1 is 1.32 bits per heavy atom. The van der Waals surface area contributed by atoms with Crippen LogP contribution in [0.2, 0.25) is 5.02 Å². The molecule has 1 saturated carbocycles. The summed E-state index contributed by atoms with van der Waals surface area (Å²) in [5, 5.41) is 1.47. The quantitative estimate of drug-likeness (QED) is 0.755. The molecule has 2 aromatic rings. The van der Waals surface area contributed by atoms with E-state index in [4.69, 9.17) is 21.3 Å². The average Bonchev–Trinajstić information content (AvgIpc) is 3.36. The minimum Gasteiger partial charge on any atom is -0.376 e. The number of amides is 1. The van der Waals surface area contributed by atoms with Crippen molar-refractivity contribution < 1.29 is 9.53 Å². The lowest BCUT2D eigenvalue weighted by molar-refractivity contribution is -0.122. The van der Waals surface area contributed by atoms with Crippen molar-refractivity contribution in [2.45, 2.75) is 51.6 Å². The van der Waals surface area contributed by atoms with Gasteiger partial charge in [0.05, 0.1) is 27.9 Å². The van der Waals surface area contributed by atoms with Gasteiger partial charge in [0.1, 0.15) is 0 Å². The van der Waals surface area contributed by atoms with Crippen LogP contribution in [-0.2, 0) is 9.53 Å². The molecule has 1 atom stereocenters. The topological polar surface area (TPSA) is 42.4 Å². The number of aryl methyl sites for hydroxylation is 1. The number of benzene rings is 1. The van der Waals surface area contributed by atoms with Gasteiger partial charge in [0.25, 0.3) is 0 Å². The first kappa shape index (κ1) is 17.3. The van der Waals surface area contributed by atoms with Crippen molar-refractivity contribution in [2.24, 2.45) is 5.92 Å². The van der Waals surface area contributed by atoms with E-state index in [9.17, 15) is 4.79 Å². The van der Waals surface area contributed by atoms with Crippen LogP contribution >= 0.6 is 22.9 Å². The number of aromatic nitrogens is 1. The van der Waals surface area contributed by atoms with Gasteiger partial charge in [0.15, 0.2) is 5.13 Å². The van der Waals surface area contributed by atoms with Crippen molar-refractivity contribution in [3.8, 4) is 0 Å². The average molecular weight is 379 g/mol. The third-order valence-corrected chi connectivity index (χ3v) is 6.84. The summed E-state index contributed by atoms with van der Waals surface area (Å²) >= 11 is 7.89. The lowest BCUT2D eigenvalue weighted by atomic mass is 10.1. The highest BCUT2D eigenvalue weighted by molar-refractivity contribution is 7.23. The number of thiazole rings is 1. The van der Waals surface area contributed by atoms with Crippen LogP contribution in [-0.4, -0.2) is 30.1 Å². The Morgan fingerprint density at radius 3 is 2.80 bits per heavy atom. The van der Waals surface area contributed by atoms with Gasteiger partial charge in [-0.15, -0.1) is 0 Å². The van der Waals surface area contributed by atoms with Gasteiger partial charge in [-0.05, 0) is 44.2 Å². The molecule has 2 fully saturated rings. The molecule has 0 bridgehead atoms. The molecule has 134 valence electrons. The predicted molar refractivity (Wildman–Crippen MR) is 103 cm³/mol. The molecule has 6 heteroatoms. The number of rotatable bonds is 4. The summed E-state index contributed by atoms with van der Waals surface area (Å²) in [6, 6.07) is 3.89. The van der Waals surface area contributed by atoms with E-state index in [0.717, 1.165) is 66.0 Å². The summed E-state index contributed by atoms with van der Waals surface area (Å²) in [4.78, 5) is 19.9. The van der Waals surface area contributed by atoms with Crippen LogP contribution in [0.15, 0.2) is 12.1 Å². The van der Waals surface area contributed by atoms with Gasteiger partial charge in [-0.1, -0.05) is 41.8 Å². The van der Waals surface area contributed by atoms with Crippen LogP contribution in [0.1, 0.15) is 44.1 Å². The Bertz CT molecular complexity index is 740. The third-order valence-electron chi connectivity index (χ3n) is 5.30. The highest BCUT2D eigenvalue weighted by Crippen LogP contribution is 2.37. The first-order valence-corrected chi connectivity index (χ1v) is 10.3. The van der Waals surface area contributed by atoms with E-state index in [1.54, 1.807) is 0 Å². The standard InChI is InChI=1S/C19H23ClN2O2S/c1-12-8-9-15(20)17-16(12)21-19(25-17)22(11-14-7-4-10-24-14)18(23)13-5-2-3-6-13/h8-9,13-14H,2-7,10-11H2,1H3/t14-/m0/s1. The fourth-order valence-corrected chi connectivity index (χ4v) is 5.18. The number of hydrogen-bond acceptors (Lipinski definition) is 4. The van der Waals surface area contributed by atoms with E-state index in [2.05, 4.69) is 0 Å². The van der Waals surface area contributed by atoms with E-state index in [-0.39, 0.29) is 17.9 Å². The lowest BCUT2D eigenvalue weighted by Crippen LogP contribution is -2.40. The zero-order valence-electron chi connectivity index (χ0n) is 14.5. The molecular weight excluding hydrogens is 356 g/mol. The van der Waals surface area contributed by atoms with Crippen molar-refractivity contribution in [3.05, 3.63) is 22.7 Å². The third kappa shape index (κ3) is 3.42. The molecular formula is C19H23ClN2O2S. The van der Waals surface area contributed by atoms with Gasteiger partial charge in [-0.25, -0.2) is 4.98 Å². The molecule has 0 radical (unpaired) electrons. The minimum absolute atomic E-state index is 0.119. The number of hydrogen-bond donors (Lipinski definition) is 0. The van der Waals surface area contributed by atoms with Crippen LogP contribution in [0.3, 0.4) is 0 Å². The van der Waals surface area contributed by atoms with Crippen molar-refractivity contribution in [1.82, 2.24) is 4.98 Å². The smallest absolute Gasteiger partial charge is 0.231 e. The molecule has 0 N–H and O–H groups in total. The van der Waals surface area contributed by atoms with E-state index >= 15 is 0 Å². The van der Waals surface area contributed by atoms with Crippen LogP contribution in [0.4, 0.5) is 5.13 Å². The molecule has 1 aliphatic carbocycles. The van der Waals surface area contributed by atoms with E-state index in [1.807, 2.05) is 24.0 Å². The van der Waals surface area contributed by atoms with E-state index in [1.165, 1.54) is 11.3 Å². The first-order valence-electron chi connectivity index (χ1n) is 9.12. The second-order valence-corrected chi connectivity index (χ2v) is 8.49. The van der Waals surface area contributed by atoms with Gasteiger partial charge in [-0.2, -0.15) is 0 Å². The van der Waals surface area contributed by atoms with Gasteiger partial charge >= 0.3 is 0 Å². The molecule has 0 spiro atoms. The Kier molecular flexibility index (Phi) is 4.98. The van der Waals surface area contributed by atoms with Crippen molar-refractivity contribution >= 4 is 44.2 Å². The Morgan fingerprint density at radius 2 is 2.12 bits per heavy atom. The van der Waals surface area contributed by atoms with Gasteiger partial charge in [0.2, 0.25) is 5.91 Å². The second kappa shape index (κ2) is 7.22. The first-order chi connectivity index (χ1) is 12.1. The predicted octanol–water partition coefficient (Wildman–Crippen LogP) is 4.96. The SMILES string of the molecule is Cc1ccc(Cl)c2sc(N(C[C@@H]3CCCO3)C(=O)C3CCCC3)nc12. The number of fused-ring (bicyclic) bond motifs is 1. The molecule has 25 heavy (non-hydrogen) atoms. The van der Waals surface area contributed by atoms with Gasteiger partial charge in [0, 0.05) is 12.5 Å². The Hall–Kier alpha value is -1.17. The van der Waals surface area contributed by atoms with Crippen LogP contribution < -0.4 is 4.90 Å². The summed E-state index contributed by atoms with van der Waals surface area (Å²) < 4.78 is 6.76. The summed E-state index contributed by atoms with van der Waals surface area (Å²) in [5.74, 6) is 0.339. The zero-order valence-corrected chi connectivity index (χ0v) is 16.0. The Labute approximate surface area is 157 Å². The normalized spacial score (nSPS) is 21.3. The zero-order chi connectivity index (χ0) is 17.4. The highest BCUT2D eigenvalue weighted by atomic mass is 35.5. The minimum atomic E-state index is 0.119. The lowest BCUT2D eigenvalue weighted by Gasteiger charge is -2.25. The molecule has 0 unspecified atom stereocenters. The molecule has 2 aliphatic rings. The highest BCUT2D eigenvalue weighted by Gasteiger charge is 2.32. The molecule has 1 aromatic heterocycles. The molecule has 1 saturated heterocycles. The number of halogens is 1. The molecule has 4 rings (SSSR count). The molecule has 2 heterocycles. The van der Waals surface area contributed by atoms with Gasteiger partial charge in [-0.3, -0.25) is 9.69 Å². The van der Waals surface area contributed by atoms with Crippen molar-refractivity contribution in [1.29, 1.82) is 0 Å².